The van der Waals surface area contributed by atoms with E-state index in [-0.39, 0.29) is 31.2 Å². The van der Waals surface area contributed by atoms with Gasteiger partial charge in [-0.1, -0.05) is 0 Å². The van der Waals surface area contributed by atoms with Gasteiger partial charge in [-0.05, 0) is 75.2 Å². The number of amides is 4. The lowest BCUT2D eigenvalue weighted by molar-refractivity contribution is -0.136. The first-order valence-electron chi connectivity index (χ1n) is 11.3. The molecule has 4 heterocycles. The fraction of sp³-hybridized carbons (Fsp3) is 0.565. The van der Waals surface area contributed by atoms with E-state index in [1.807, 2.05) is 6.07 Å². The van der Waals surface area contributed by atoms with Crippen molar-refractivity contribution in [2.45, 2.75) is 44.6 Å². The Morgan fingerprint density at radius 1 is 0.812 bits per heavy atom. The van der Waals surface area contributed by atoms with Gasteiger partial charge in [-0.25, -0.2) is 0 Å². The molecular formula is C23H29ClN4O4. The molecule has 1 atom stereocenters. The van der Waals surface area contributed by atoms with Crippen molar-refractivity contribution >= 4 is 41.7 Å². The summed E-state index contributed by atoms with van der Waals surface area (Å²) >= 11 is 0. The highest BCUT2D eigenvalue weighted by atomic mass is 35.5. The van der Waals surface area contributed by atoms with Crippen molar-refractivity contribution in [3.05, 3.63) is 29.3 Å². The zero-order valence-electron chi connectivity index (χ0n) is 18.0. The molecule has 5 rings (SSSR count). The molecule has 172 valence electrons. The zero-order chi connectivity index (χ0) is 21.5. The maximum atomic E-state index is 13.0. The summed E-state index contributed by atoms with van der Waals surface area (Å²) in [6, 6.07) is 4.49. The van der Waals surface area contributed by atoms with Crippen LogP contribution in [0.25, 0.3) is 0 Å². The summed E-state index contributed by atoms with van der Waals surface area (Å²) in [7, 11) is 0. The number of hydrogen-bond acceptors (Lipinski definition) is 6. The second-order valence-corrected chi connectivity index (χ2v) is 9.09. The molecule has 4 aliphatic heterocycles. The Morgan fingerprint density at radius 2 is 1.47 bits per heavy atom. The van der Waals surface area contributed by atoms with Gasteiger partial charge < -0.3 is 10.2 Å². The largest absolute Gasteiger partial charge is 0.371 e. The predicted octanol–water partition coefficient (Wildman–Crippen LogP) is 1.73. The third-order valence-corrected chi connectivity index (χ3v) is 7.38. The van der Waals surface area contributed by atoms with Gasteiger partial charge in [0.25, 0.3) is 11.8 Å². The highest BCUT2D eigenvalue weighted by Crippen LogP contribution is 2.35. The summed E-state index contributed by atoms with van der Waals surface area (Å²) < 4.78 is 0. The van der Waals surface area contributed by atoms with Crippen molar-refractivity contribution in [2.24, 2.45) is 11.8 Å². The Kier molecular flexibility index (Phi) is 6.53. The molecule has 0 saturated carbocycles. The number of benzene rings is 1. The Balaban J connectivity index is 0.00000245. The molecule has 3 saturated heterocycles. The molecule has 0 spiro atoms. The number of piperidine rings is 3. The summed E-state index contributed by atoms with van der Waals surface area (Å²) in [5.74, 6) is -0.269. The number of fused-ring (bicyclic) bond motifs is 1. The topological polar surface area (TPSA) is 98.8 Å². The van der Waals surface area contributed by atoms with E-state index in [0.717, 1.165) is 61.4 Å². The van der Waals surface area contributed by atoms with Gasteiger partial charge in [0, 0.05) is 25.2 Å². The maximum Gasteiger partial charge on any atom is 0.262 e. The maximum absolute atomic E-state index is 13.0. The van der Waals surface area contributed by atoms with Gasteiger partial charge in [0.05, 0.1) is 11.1 Å². The first kappa shape index (κ1) is 22.7. The van der Waals surface area contributed by atoms with E-state index in [1.165, 1.54) is 12.8 Å². The summed E-state index contributed by atoms with van der Waals surface area (Å²) in [5.41, 5.74) is 1.64. The summed E-state index contributed by atoms with van der Waals surface area (Å²) in [6.07, 6.45) is 5.12. The first-order valence-corrected chi connectivity index (χ1v) is 11.3. The minimum absolute atomic E-state index is 0. The summed E-state index contributed by atoms with van der Waals surface area (Å²) in [6.45, 7) is 4.14. The van der Waals surface area contributed by atoms with Crippen LogP contribution in [0.2, 0.25) is 0 Å². The van der Waals surface area contributed by atoms with Crippen LogP contribution in [0.4, 0.5) is 5.69 Å². The molecule has 9 heteroatoms. The van der Waals surface area contributed by atoms with Crippen molar-refractivity contribution in [3.63, 3.8) is 0 Å². The number of nitrogens with zero attached hydrogens (tertiary/aromatic N) is 2. The molecule has 1 unspecified atom stereocenters. The van der Waals surface area contributed by atoms with Crippen molar-refractivity contribution < 1.29 is 19.2 Å². The van der Waals surface area contributed by atoms with Gasteiger partial charge in [-0.3, -0.25) is 29.4 Å². The number of nitrogens with one attached hydrogen (secondary N) is 2. The van der Waals surface area contributed by atoms with Crippen LogP contribution >= 0.6 is 12.4 Å². The Morgan fingerprint density at radius 3 is 2.16 bits per heavy atom. The van der Waals surface area contributed by atoms with Gasteiger partial charge in [0.2, 0.25) is 11.8 Å². The molecule has 4 aliphatic rings. The third kappa shape index (κ3) is 4.01. The van der Waals surface area contributed by atoms with E-state index in [2.05, 4.69) is 15.5 Å². The highest BCUT2D eigenvalue weighted by Gasteiger charge is 2.44. The number of halogens is 1. The average molecular weight is 461 g/mol. The fourth-order valence-electron chi connectivity index (χ4n) is 5.60. The van der Waals surface area contributed by atoms with Gasteiger partial charge in [-0.15, -0.1) is 12.4 Å². The van der Waals surface area contributed by atoms with Crippen LogP contribution < -0.4 is 15.5 Å². The zero-order valence-corrected chi connectivity index (χ0v) is 18.8. The lowest BCUT2D eigenvalue weighted by atomic mass is 9.79. The second kappa shape index (κ2) is 9.19. The van der Waals surface area contributed by atoms with Crippen LogP contribution in [-0.4, -0.2) is 60.7 Å². The normalized spacial score (nSPS) is 24.9. The van der Waals surface area contributed by atoms with E-state index in [0.29, 0.717) is 11.1 Å². The van der Waals surface area contributed by atoms with Crippen LogP contribution in [0.3, 0.4) is 0 Å². The van der Waals surface area contributed by atoms with E-state index >= 15 is 0 Å². The van der Waals surface area contributed by atoms with Crippen LogP contribution in [0.15, 0.2) is 18.2 Å². The number of carbonyl (C=O) groups is 4. The number of anilines is 1. The molecule has 0 radical (unpaired) electrons. The third-order valence-electron chi connectivity index (χ3n) is 7.38. The highest BCUT2D eigenvalue weighted by molar-refractivity contribution is 6.23. The molecule has 0 aliphatic carbocycles. The van der Waals surface area contributed by atoms with Crippen molar-refractivity contribution in [1.82, 2.24) is 15.5 Å². The molecule has 0 aromatic heterocycles. The van der Waals surface area contributed by atoms with Crippen LogP contribution in [0.5, 0.6) is 0 Å². The van der Waals surface area contributed by atoms with Crippen LogP contribution in [0.1, 0.15) is 59.2 Å². The van der Waals surface area contributed by atoms with Gasteiger partial charge >= 0.3 is 0 Å². The molecule has 2 N–H and O–H groups in total. The molecule has 4 amide bonds. The van der Waals surface area contributed by atoms with E-state index in [4.69, 9.17) is 0 Å². The smallest absolute Gasteiger partial charge is 0.262 e. The number of imide groups is 2. The minimum Gasteiger partial charge on any atom is -0.371 e. The molecule has 8 nitrogen and oxygen atoms in total. The number of carbonyl (C=O) groups excluding carboxylic acids is 4. The monoisotopic (exact) mass is 460 g/mol. The predicted molar refractivity (Wildman–Crippen MR) is 121 cm³/mol. The van der Waals surface area contributed by atoms with Crippen molar-refractivity contribution in [2.75, 3.05) is 31.1 Å². The molecule has 3 fully saturated rings. The standard InChI is InChI=1S/C23H28N4O4.ClH/c28-20-4-3-19(21(29)25-20)27-22(30)17-2-1-16(13-18(17)23(27)31)26-11-7-15(8-12-26)14-5-9-24-10-6-14;/h1-2,13-15,19,24H,3-12H2,(H,25,28,29);1H. The van der Waals surface area contributed by atoms with E-state index in [1.54, 1.807) is 12.1 Å². The fourth-order valence-corrected chi connectivity index (χ4v) is 5.60. The van der Waals surface area contributed by atoms with Crippen LogP contribution in [0, 0.1) is 11.8 Å². The lowest BCUT2D eigenvalue weighted by Gasteiger charge is -2.38. The molecule has 0 bridgehead atoms. The SMILES string of the molecule is Cl.O=C1CCC(N2C(=O)c3ccc(N4CCC(C5CCNCC5)CC4)cc3C2=O)C(=O)N1. The Labute approximate surface area is 193 Å². The lowest BCUT2D eigenvalue weighted by Crippen LogP contribution is -2.54. The van der Waals surface area contributed by atoms with Gasteiger partial charge in [0.1, 0.15) is 6.04 Å². The molecule has 1 aromatic rings. The Hall–Kier alpha value is -2.45. The van der Waals surface area contributed by atoms with Gasteiger partial charge in [0.15, 0.2) is 0 Å². The average Bonchev–Trinajstić information content (AvgIpc) is 3.04. The first-order chi connectivity index (χ1) is 15.0. The van der Waals surface area contributed by atoms with Crippen LogP contribution in [-0.2, 0) is 9.59 Å². The van der Waals surface area contributed by atoms with Gasteiger partial charge in [-0.2, -0.15) is 0 Å². The number of rotatable bonds is 3. The molecular weight excluding hydrogens is 432 g/mol. The van der Waals surface area contributed by atoms with E-state index in [9.17, 15) is 19.2 Å². The number of hydrogen-bond donors (Lipinski definition) is 2. The van der Waals surface area contributed by atoms with Crippen molar-refractivity contribution in [1.29, 1.82) is 0 Å². The Bertz CT molecular complexity index is 938. The summed E-state index contributed by atoms with van der Waals surface area (Å²) in [4.78, 5) is 52.9. The molecule has 32 heavy (non-hydrogen) atoms. The van der Waals surface area contributed by atoms with E-state index < -0.39 is 23.8 Å². The minimum atomic E-state index is -0.922. The van der Waals surface area contributed by atoms with Crippen molar-refractivity contribution in [3.8, 4) is 0 Å². The quantitative estimate of drug-likeness (QED) is 0.666. The summed E-state index contributed by atoms with van der Waals surface area (Å²) in [5, 5.41) is 5.67. The second-order valence-electron chi connectivity index (χ2n) is 9.09. The molecule has 1 aromatic carbocycles.